The van der Waals surface area contributed by atoms with Gasteiger partial charge in [0.1, 0.15) is 0 Å². The van der Waals surface area contributed by atoms with Crippen LogP contribution in [0.15, 0.2) is 6.20 Å². The Labute approximate surface area is 76.5 Å². The molecule has 0 saturated heterocycles. The molecule has 1 rings (SSSR count). The van der Waals surface area contributed by atoms with Gasteiger partial charge in [-0.3, -0.25) is 4.79 Å². The Morgan fingerprint density at radius 2 is 2.46 bits per heavy atom. The summed E-state index contributed by atoms with van der Waals surface area (Å²) in [5.74, 6) is 0.125. The Morgan fingerprint density at radius 1 is 1.77 bits per heavy atom. The van der Waals surface area contributed by atoms with E-state index in [0.29, 0.717) is 18.2 Å². The molecule has 0 amide bonds. The van der Waals surface area contributed by atoms with Crippen molar-refractivity contribution in [3.8, 4) is 0 Å². The van der Waals surface area contributed by atoms with Gasteiger partial charge in [0.05, 0.1) is 18.7 Å². The molecule has 0 atom stereocenters. The lowest BCUT2D eigenvalue weighted by molar-refractivity contribution is -0.142. The second-order valence-corrected chi connectivity index (χ2v) is 2.68. The van der Waals surface area contributed by atoms with Crippen LogP contribution in [0.3, 0.4) is 0 Å². The number of imidazole rings is 1. The lowest BCUT2D eigenvalue weighted by Crippen LogP contribution is -2.07. The summed E-state index contributed by atoms with van der Waals surface area (Å²) in [7, 11) is 1.77. The predicted molar refractivity (Wildman–Crippen MR) is 48.0 cm³/mol. The minimum atomic E-state index is -0.277. The molecule has 0 aromatic carbocycles. The molecule has 1 heterocycles. The summed E-state index contributed by atoms with van der Waals surface area (Å²) in [6.45, 7) is 2.16. The third-order valence-corrected chi connectivity index (χ3v) is 1.59. The molecule has 0 saturated carbocycles. The van der Waals surface area contributed by atoms with Crippen molar-refractivity contribution in [2.24, 2.45) is 7.05 Å². The average molecular weight is 183 g/mol. The molecule has 0 bridgehead atoms. The monoisotopic (exact) mass is 183 g/mol. The number of hydrogen-bond acceptors (Lipinski definition) is 4. The van der Waals surface area contributed by atoms with E-state index in [0.717, 1.165) is 0 Å². The zero-order chi connectivity index (χ0) is 9.84. The highest BCUT2D eigenvalue weighted by molar-refractivity contribution is 5.72. The molecule has 2 N–H and O–H groups in total. The van der Waals surface area contributed by atoms with E-state index in [9.17, 15) is 4.79 Å². The van der Waals surface area contributed by atoms with Crippen LogP contribution in [-0.4, -0.2) is 22.1 Å². The Kier molecular flexibility index (Phi) is 2.89. The van der Waals surface area contributed by atoms with Crippen molar-refractivity contribution >= 4 is 11.9 Å². The maximum absolute atomic E-state index is 11.0. The second kappa shape index (κ2) is 3.93. The zero-order valence-electron chi connectivity index (χ0n) is 7.78. The molecule has 0 aliphatic rings. The van der Waals surface area contributed by atoms with E-state index < -0.39 is 0 Å². The smallest absolute Gasteiger partial charge is 0.311 e. The Balaban J connectivity index is 2.59. The highest BCUT2D eigenvalue weighted by Gasteiger charge is 2.07. The maximum Gasteiger partial charge on any atom is 0.311 e. The third kappa shape index (κ3) is 2.47. The Bertz CT molecular complexity index is 287. The van der Waals surface area contributed by atoms with Gasteiger partial charge in [-0.1, -0.05) is 0 Å². The molecule has 1 aromatic rings. The van der Waals surface area contributed by atoms with Gasteiger partial charge in [0.25, 0.3) is 0 Å². The fourth-order valence-electron chi connectivity index (χ4n) is 0.990. The summed E-state index contributed by atoms with van der Waals surface area (Å²) < 4.78 is 6.43. The van der Waals surface area contributed by atoms with Crippen molar-refractivity contribution < 1.29 is 9.53 Å². The number of anilines is 1. The SMILES string of the molecule is CCOC(=O)Cc1cn(C)c(N)n1. The number of hydrogen-bond donors (Lipinski definition) is 1. The largest absolute Gasteiger partial charge is 0.466 e. The molecule has 0 aliphatic heterocycles. The number of esters is 1. The summed E-state index contributed by atoms with van der Waals surface area (Å²) in [5.41, 5.74) is 6.13. The van der Waals surface area contributed by atoms with Crippen LogP contribution in [0.25, 0.3) is 0 Å². The number of aromatic nitrogens is 2. The summed E-state index contributed by atoms with van der Waals surface area (Å²) in [5, 5.41) is 0. The topological polar surface area (TPSA) is 70.1 Å². The second-order valence-electron chi connectivity index (χ2n) is 2.68. The molecule has 5 nitrogen and oxygen atoms in total. The lowest BCUT2D eigenvalue weighted by Gasteiger charge is -1.97. The predicted octanol–water partition coefficient (Wildman–Crippen LogP) is 0.108. The number of nitrogens with zero attached hydrogens (tertiary/aromatic N) is 2. The van der Waals surface area contributed by atoms with Crippen molar-refractivity contribution in [3.63, 3.8) is 0 Å². The number of ether oxygens (including phenoxy) is 1. The molecule has 1 aromatic heterocycles. The summed E-state index contributed by atoms with van der Waals surface area (Å²) >= 11 is 0. The number of nitrogen functional groups attached to an aromatic ring is 1. The number of rotatable bonds is 3. The van der Waals surface area contributed by atoms with Crippen LogP contribution < -0.4 is 5.73 Å². The van der Waals surface area contributed by atoms with Gasteiger partial charge in [-0.2, -0.15) is 0 Å². The highest BCUT2D eigenvalue weighted by Crippen LogP contribution is 2.03. The van der Waals surface area contributed by atoms with Gasteiger partial charge in [0, 0.05) is 13.2 Å². The van der Waals surface area contributed by atoms with Crippen molar-refractivity contribution in [2.75, 3.05) is 12.3 Å². The summed E-state index contributed by atoms with van der Waals surface area (Å²) in [6, 6.07) is 0. The van der Waals surface area contributed by atoms with Crippen molar-refractivity contribution in [3.05, 3.63) is 11.9 Å². The van der Waals surface area contributed by atoms with E-state index in [2.05, 4.69) is 4.98 Å². The fraction of sp³-hybridized carbons (Fsp3) is 0.500. The van der Waals surface area contributed by atoms with Gasteiger partial charge in [0.2, 0.25) is 0 Å². The number of carbonyl (C=O) groups excluding carboxylic acids is 1. The minimum Gasteiger partial charge on any atom is -0.466 e. The van der Waals surface area contributed by atoms with Crippen LogP contribution >= 0.6 is 0 Å². The molecule has 5 heteroatoms. The first kappa shape index (κ1) is 9.57. The van der Waals surface area contributed by atoms with E-state index >= 15 is 0 Å². The van der Waals surface area contributed by atoms with Crippen molar-refractivity contribution in [2.45, 2.75) is 13.3 Å². The van der Waals surface area contributed by atoms with Crippen LogP contribution in [0.4, 0.5) is 5.95 Å². The van der Waals surface area contributed by atoms with Crippen LogP contribution in [0, 0.1) is 0 Å². The first-order valence-corrected chi connectivity index (χ1v) is 4.06. The van der Waals surface area contributed by atoms with Crippen LogP contribution in [0.2, 0.25) is 0 Å². The molecule has 13 heavy (non-hydrogen) atoms. The molecule has 0 fully saturated rings. The normalized spacial score (nSPS) is 10.0. The van der Waals surface area contributed by atoms with E-state index in [1.54, 1.807) is 24.7 Å². The third-order valence-electron chi connectivity index (χ3n) is 1.59. The van der Waals surface area contributed by atoms with Gasteiger partial charge in [0.15, 0.2) is 5.95 Å². The van der Waals surface area contributed by atoms with Gasteiger partial charge < -0.3 is 15.0 Å². The standard InChI is InChI=1S/C8H13N3O2/c1-3-13-7(12)4-6-5-11(2)8(9)10-6/h5H,3-4H2,1-2H3,(H2,9,10). The number of carbonyl (C=O) groups is 1. The molecule has 0 spiro atoms. The molecular weight excluding hydrogens is 170 g/mol. The number of aryl methyl sites for hydroxylation is 1. The van der Waals surface area contributed by atoms with Gasteiger partial charge in [-0.25, -0.2) is 4.98 Å². The van der Waals surface area contributed by atoms with Crippen LogP contribution in [0.5, 0.6) is 0 Å². The van der Waals surface area contributed by atoms with Crippen molar-refractivity contribution in [1.82, 2.24) is 9.55 Å². The van der Waals surface area contributed by atoms with Gasteiger partial charge in [-0.15, -0.1) is 0 Å². The lowest BCUT2D eigenvalue weighted by atomic mass is 10.3. The maximum atomic E-state index is 11.0. The quantitative estimate of drug-likeness (QED) is 0.675. The van der Waals surface area contributed by atoms with Crippen molar-refractivity contribution in [1.29, 1.82) is 0 Å². The van der Waals surface area contributed by atoms with Crippen LogP contribution in [-0.2, 0) is 23.0 Å². The molecule has 0 radical (unpaired) electrons. The first-order valence-electron chi connectivity index (χ1n) is 4.06. The van der Waals surface area contributed by atoms with Gasteiger partial charge in [-0.05, 0) is 6.92 Å². The Hall–Kier alpha value is -1.52. The summed E-state index contributed by atoms with van der Waals surface area (Å²) in [4.78, 5) is 15.0. The van der Waals surface area contributed by atoms with E-state index in [-0.39, 0.29) is 12.4 Å². The average Bonchev–Trinajstić information content (AvgIpc) is 2.31. The van der Waals surface area contributed by atoms with Gasteiger partial charge >= 0.3 is 5.97 Å². The van der Waals surface area contributed by atoms with E-state index in [4.69, 9.17) is 10.5 Å². The Morgan fingerprint density at radius 3 is 2.92 bits per heavy atom. The molecular formula is C8H13N3O2. The van der Waals surface area contributed by atoms with E-state index in [1.807, 2.05) is 0 Å². The highest BCUT2D eigenvalue weighted by atomic mass is 16.5. The minimum absolute atomic E-state index is 0.179. The molecule has 72 valence electrons. The molecule has 0 aliphatic carbocycles. The number of nitrogens with two attached hydrogens (primary N) is 1. The fourth-order valence-corrected chi connectivity index (χ4v) is 0.990. The van der Waals surface area contributed by atoms with Crippen LogP contribution in [0.1, 0.15) is 12.6 Å². The summed E-state index contributed by atoms with van der Waals surface area (Å²) in [6.07, 6.45) is 1.89. The first-order chi connectivity index (χ1) is 6.13. The zero-order valence-corrected chi connectivity index (χ0v) is 7.78. The van der Waals surface area contributed by atoms with E-state index in [1.165, 1.54) is 0 Å². The molecule has 0 unspecified atom stereocenters.